The molecule has 1 rings (SSSR count). The summed E-state index contributed by atoms with van der Waals surface area (Å²) >= 11 is 0. The van der Waals surface area contributed by atoms with Gasteiger partial charge < -0.3 is 4.53 Å². The second kappa shape index (κ2) is 4.05. The van der Waals surface area contributed by atoms with E-state index in [9.17, 15) is 20.2 Å². The first-order valence-electron chi connectivity index (χ1n) is 4.61. The van der Waals surface area contributed by atoms with E-state index in [0.717, 1.165) is 0 Å². The highest BCUT2D eigenvalue weighted by molar-refractivity contribution is 6.69. The van der Waals surface area contributed by atoms with Crippen molar-refractivity contribution in [1.29, 1.82) is 0 Å². The van der Waals surface area contributed by atoms with Gasteiger partial charge in [-0.15, -0.1) is 0 Å². The zero-order valence-electron chi connectivity index (χ0n) is 9.21. The van der Waals surface area contributed by atoms with Crippen molar-refractivity contribution in [2.75, 3.05) is 6.61 Å². The van der Waals surface area contributed by atoms with E-state index in [1.165, 1.54) is 0 Å². The fourth-order valence-corrected chi connectivity index (χ4v) is 1.89. The molecule has 0 bridgehead atoms. The second-order valence-electron chi connectivity index (χ2n) is 4.33. The lowest BCUT2D eigenvalue weighted by Crippen LogP contribution is -2.58. The monoisotopic (exact) mass is 251 g/mol. The lowest BCUT2D eigenvalue weighted by molar-refractivity contribution is -0.847. The zero-order chi connectivity index (χ0) is 12.6. The van der Waals surface area contributed by atoms with E-state index in [4.69, 9.17) is 9.36 Å². The maximum absolute atomic E-state index is 10.8. The lowest BCUT2D eigenvalue weighted by Gasteiger charge is -2.25. The van der Waals surface area contributed by atoms with Crippen LogP contribution < -0.4 is 0 Å². The molecule has 1 heterocycles. The van der Waals surface area contributed by atoms with Crippen molar-refractivity contribution in [1.82, 2.24) is 5.23 Å². The summed E-state index contributed by atoms with van der Waals surface area (Å²) in [4.78, 5) is 24.5. The standard InChI is InChI=1S/C6H13N3O6Si/c1-16(2,3)15-9-6(7(10)11,8(12)13)4-5-14-9/h4-5H2,1-3H3. The van der Waals surface area contributed by atoms with Crippen molar-refractivity contribution >= 4 is 8.32 Å². The van der Waals surface area contributed by atoms with Gasteiger partial charge in [-0.25, -0.2) is 0 Å². The average Bonchev–Trinajstić information content (AvgIpc) is 2.45. The van der Waals surface area contributed by atoms with Crippen molar-refractivity contribution < 1.29 is 19.2 Å². The third-order valence-corrected chi connectivity index (χ3v) is 2.59. The maximum atomic E-state index is 10.8. The molecule has 0 unspecified atom stereocenters. The molecular weight excluding hydrogens is 238 g/mol. The Balaban J connectivity index is 3.00. The van der Waals surface area contributed by atoms with Gasteiger partial charge in [-0.2, -0.15) is 0 Å². The van der Waals surface area contributed by atoms with E-state index in [-0.39, 0.29) is 13.0 Å². The van der Waals surface area contributed by atoms with Crippen molar-refractivity contribution in [2.45, 2.75) is 31.8 Å². The van der Waals surface area contributed by atoms with E-state index in [0.29, 0.717) is 5.23 Å². The Labute approximate surface area is 92.3 Å². The summed E-state index contributed by atoms with van der Waals surface area (Å²) < 4.78 is 5.20. The van der Waals surface area contributed by atoms with E-state index >= 15 is 0 Å². The van der Waals surface area contributed by atoms with E-state index in [2.05, 4.69) is 0 Å². The van der Waals surface area contributed by atoms with E-state index < -0.39 is 24.0 Å². The molecule has 10 heteroatoms. The predicted octanol–water partition coefficient (Wildman–Crippen LogP) is 0.597. The number of nitro groups is 2. The first kappa shape index (κ1) is 13.0. The van der Waals surface area contributed by atoms with Crippen LogP contribution in [0.1, 0.15) is 6.42 Å². The number of hydroxylamine groups is 2. The van der Waals surface area contributed by atoms with Crippen LogP contribution in [0.15, 0.2) is 0 Å². The molecule has 0 aromatic heterocycles. The minimum Gasteiger partial charge on any atom is -0.310 e. The van der Waals surface area contributed by atoms with Crippen molar-refractivity contribution in [3.63, 3.8) is 0 Å². The Bertz CT molecular complexity index is 302. The first-order chi connectivity index (χ1) is 7.20. The molecule has 1 aliphatic heterocycles. The van der Waals surface area contributed by atoms with Crippen LogP contribution in [0.3, 0.4) is 0 Å². The van der Waals surface area contributed by atoms with Crippen LogP contribution in [-0.4, -0.2) is 35.8 Å². The Morgan fingerprint density at radius 1 is 1.31 bits per heavy atom. The van der Waals surface area contributed by atoms with Gasteiger partial charge in [0.1, 0.15) is 16.3 Å². The highest BCUT2D eigenvalue weighted by Gasteiger charge is 2.68. The molecule has 0 N–H and O–H groups in total. The molecule has 0 saturated carbocycles. The van der Waals surface area contributed by atoms with Crippen LogP contribution >= 0.6 is 0 Å². The van der Waals surface area contributed by atoms with Crippen LogP contribution in [0.2, 0.25) is 19.6 Å². The predicted molar refractivity (Wildman–Crippen MR) is 53.6 cm³/mol. The topological polar surface area (TPSA) is 108 Å². The van der Waals surface area contributed by atoms with Gasteiger partial charge >= 0.3 is 5.79 Å². The van der Waals surface area contributed by atoms with Gasteiger partial charge in [-0.05, 0) is 19.6 Å². The van der Waals surface area contributed by atoms with Gasteiger partial charge in [0, 0.05) is 0 Å². The third-order valence-electron chi connectivity index (χ3n) is 1.88. The molecule has 0 aromatic rings. The normalized spacial score (nSPS) is 20.9. The third kappa shape index (κ3) is 2.19. The molecule has 0 radical (unpaired) electrons. The number of rotatable bonds is 4. The Hall–Kier alpha value is -1.10. The van der Waals surface area contributed by atoms with Gasteiger partial charge in [-0.1, -0.05) is 0 Å². The molecule has 0 amide bonds. The summed E-state index contributed by atoms with van der Waals surface area (Å²) in [5.74, 6) is -2.51. The van der Waals surface area contributed by atoms with E-state index in [1.807, 2.05) is 0 Å². The Kier molecular flexibility index (Phi) is 3.28. The lowest BCUT2D eigenvalue weighted by atomic mass is 10.3. The van der Waals surface area contributed by atoms with Crippen LogP contribution in [0.5, 0.6) is 0 Å². The molecule has 0 aromatic carbocycles. The fourth-order valence-electron chi connectivity index (χ4n) is 1.19. The molecule has 1 fully saturated rings. The van der Waals surface area contributed by atoms with Gasteiger partial charge in [-0.3, -0.25) is 25.1 Å². The SMILES string of the molecule is C[Si](C)(C)ON1OCCC1([N+](=O)[O-])[N+](=O)[O-]. The van der Waals surface area contributed by atoms with Crippen molar-refractivity contribution in [3.05, 3.63) is 20.2 Å². The summed E-state index contributed by atoms with van der Waals surface area (Å²) in [5, 5.41) is 22.1. The fraction of sp³-hybridized carbons (Fsp3) is 1.00. The first-order valence-corrected chi connectivity index (χ1v) is 8.02. The van der Waals surface area contributed by atoms with Crippen LogP contribution in [-0.2, 0) is 9.36 Å². The van der Waals surface area contributed by atoms with Crippen molar-refractivity contribution in [2.24, 2.45) is 0 Å². The molecule has 0 atom stereocenters. The number of nitrogens with zero attached hydrogens (tertiary/aromatic N) is 3. The molecule has 0 aliphatic carbocycles. The second-order valence-corrected chi connectivity index (χ2v) is 8.74. The summed E-state index contributed by atoms with van der Waals surface area (Å²) in [5.41, 5.74) is 0. The van der Waals surface area contributed by atoms with Gasteiger partial charge in [0.2, 0.25) is 8.32 Å². The quantitative estimate of drug-likeness (QED) is 0.311. The zero-order valence-corrected chi connectivity index (χ0v) is 10.2. The van der Waals surface area contributed by atoms with Gasteiger partial charge in [0.05, 0.1) is 11.8 Å². The molecular formula is C6H13N3O6Si. The van der Waals surface area contributed by atoms with Crippen LogP contribution in [0.4, 0.5) is 0 Å². The highest BCUT2D eigenvalue weighted by Crippen LogP contribution is 2.30. The smallest absolute Gasteiger partial charge is 0.310 e. The number of hydrogen-bond donors (Lipinski definition) is 0. The largest absolute Gasteiger partial charge is 0.567 e. The molecule has 1 saturated heterocycles. The minimum atomic E-state index is -2.51. The molecule has 16 heavy (non-hydrogen) atoms. The summed E-state index contributed by atoms with van der Waals surface area (Å²) in [6, 6.07) is 0. The molecule has 92 valence electrons. The molecule has 1 aliphatic rings. The number of hydrogen-bond acceptors (Lipinski definition) is 7. The van der Waals surface area contributed by atoms with Crippen LogP contribution in [0, 0.1) is 20.2 Å². The summed E-state index contributed by atoms with van der Waals surface area (Å²) in [7, 11) is -2.21. The van der Waals surface area contributed by atoms with Gasteiger partial charge in [0.25, 0.3) is 0 Å². The van der Waals surface area contributed by atoms with Crippen LogP contribution in [0.25, 0.3) is 0 Å². The summed E-state index contributed by atoms with van der Waals surface area (Å²) in [6.45, 7) is 5.14. The van der Waals surface area contributed by atoms with E-state index in [1.54, 1.807) is 19.6 Å². The minimum absolute atomic E-state index is 0.105. The van der Waals surface area contributed by atoms with Gasteiger partial charge in [0.15, 0.2) is 0 Å². The molecule has 9 nitrogen and oxygen atoms in total. The summed E-state index contributed by atoms with van der Waals surface area (Å²) in [6.07, 6.45) is -0.336. The Morgan fingerprint density at radius 2 is 1.81 bits per heavy atom. The average molecular weight is 251 g/mol. The molecule has 0 spiro atoms. The highest BCUT2D eigenvalue weighted by atomic mass is 28.4. The maximum Gasteiger partial charge on any atom is 0.567 e. The Morgan fingerprint density at radius 3 is 2.19 bits per heavy atom. The van der Waals surface area contributed by atoms with Crippen molar-refractivity contribution in [3.8, 4) is 0 Å².